The average Bonchev–Trinajstić information content (AvgIpc) is 2.44. The van der Waals surface area contributed by atoms with Crippen LogP contribution in [-0.4, -0.2) is 13.1 Å². The van der Waals surface area contributed by atoms with Gasteiger partial charge in [0.2, 0.25) is 0 Å². The number of hydrogen-bond donors (Lipinski definition) is 1. The van der Waals surface area contributed by atoms with Gasteiger partial charge in [0.15, 0.2) is 0 Å². The molecule has 0 aliphatic rings. The molecule has 0 spiro atoms. The van der Waals surface area contributed by atoms with Crippen molar-refractivity contribution in [3.8, 4) is 0 Å². The van der Waals surface area contributed by atoms with Crippen LogP contribution in [0.25, 0.3) is 0 Å². The maximum atomic E-state index is 14.1. The summed E-state index contributed by atoms with van der Waals surface area (Å²) >= 11 is 0. The predicted octanol–water partition coefficient (Wildman–Crippen LogP) is 4.42. The largest absolute Gasteiger partial charge is 0.381 e. The third kappa shape index (κ3) is 3.94. The number of benzene rings is 2. The van der Waals surface area contributed by atoms with Crippen LogP contribution in [0.1, 0.15) is 19.4 Å². The molecule has 0 heterocycles. The van der Waals surface area contributed by atoms with Crippen molar-refractivity contribution in [1.29, 1.82) is 0 Å². The summed E-state index contributed by atoms with van der Waals surface area (Å²) in [5.74, 6) is -0.537. The highest BCUT2D eigenvalue weighted by atomic mass is 19.1. The van der Waals surface area contributed by atoms with Gasteiger partial charge >= 0.3 is 0 Å². The maximum absolute atomic E-state index is 14.1. The van der Waals surface area contributed by atoms with Gasteiger partial charge in [0.05, 0.1) is 5.69 Å². The molecular weight excluding hydrogens is 270 g/mol. The van der Waals surface area contributed by atoms with Crippen LogP contribution in [0.3, 0.4) is 0 Å². The fourth-order valence-corrected chi connectivity index (χ4v) is 2.03. The molecule has 21 heavy (non-hydrogen) atoms. The van der Waals surface area contributed by atoms with Crippen LogP contribution in [0.15, 0.2) is 42.5 Å². The highest BCUT2D eigenvalue weighted by Gasteiger charge is 2.10. The van der Waals surface area contributed by atoms with Crippen LogP contribution in [0, 0.1) is 11.6 Å². The van der Waals surface area contributed by atoms with E-state index in [-0.39, 0.29) is 17.7 Å². The standard InChI is InChI=1S/C17H20F2N2/c1-12(2)21(3)17-8-7-15(10-16(17)19)20-11-13-5-4-6-14(18)9-13/h4-10,12,20H,11H2,1-3H3. The number of nitrogens with one attached hydrogen (secondary N) is 1. The van der Waals surface area contributed by atoms with Gasteiger partial charge in [-0.15, -0.1) is 0 Å². The van der Waals surface area contributed by atoms with Gasteiger partial charge in [-0.2, -0.15) is 0 Å². The third-order valence-electron chi connectivity index (χ3n) is 3.49. The molecule has 2 rings (SSSR count). The fraction of sp³-hybridized carbons (Fsp3) is 0.294. The summed E-state index contributed by atoms with van der Waals surface area (Å²) in [5, 5.41) is 3.10. The first-order chi connectivity index (χ1) is 9.97. The lowest BCUT2D eigenvalue weighted by Gasteiger charge is -2.24. The van der Waals surface area contributed by atoms with Crippen LogP contribution in [0.2, 0.25) is 0 Å². The molecule has 0 saturated heterocycles. The first-order valence-corrected chi connectivity index (χ1v) is 6.98. The second kappa shape index (κ2) is 6.57. The van der Waals surface area contributed by atoms with E-state index in [1.54, 1.807) is 12.1 Å². The Morgan fingerprint density at radius 1 is 1.10 bits per heavy atom. The Morgan fingerprint density at radius 2 is 1.86 bits per heavy atom. The quantitative estimate of drug-likeness (QED) is 0.876. The van der Waals surface area contributed by atoms with E-state index in [4.69, 9.17) is 0 Å². The predicted molar refractivity (Wildman–Crippen MR) is 83.7 cm³/mol. The zero-order valence-corrected chi connectivity index (χ0v) is 12.5. The van der Waals surface area contributed by atoms with Gasteiger partial charge < -0.3 is 10.2 Å². The normalized spacial score (nSPS) is 10.8. The molecule has 2 aromatic carbocycles. The van der Waals surface area contributed by atoms with E-state index >= 15 is 0 Å². The van der Waals surface area contributed by atoms with E-state index in [1.165, 1.54) is 18.2 Å². The minimum absolute atomic E-state index is 0.227. The highest BCUT2D eigenvalue weighted by molar-refractivity contribution is 5.56. The molecule has 0 atom stereocenters. The van der Waals surface area contributed by atoms with Crippen LogP contribution in [0.4, 0.5) is 20.2 Å². The van der Waals surface area contributed by atoms with Gasteiger partial charge in [0, 0.05) is 25.3 Å². The first kappa shape index (κ1) is 15.3. The molecule has 2 nitrogen and oxygen atoms in total. The van der Waals surface area contributed by atoms with Crippen molar-refractivity contribution < 1.29 is 8.78 Å². The number of halogens is 2. The molecule has 2 aromatic rings. The van der Waals surface area contributed by atoms with Crippen LogP contribution in [0.5, 0.6) is 0 Å². The highest BCUT2D eigenvalue weighted by Crippen LogP contribution is 2.23. The smallest absolute Gasteiger partial charge is 0.148 e. The van der Waals surface area contributed by atoms with Crippen molar-refractivity contribution in [3.63, 3.8) is 0 Å². The van der Waals surface area contributed by atoms with Crippen LogP contribution >= 0.6 is 0 Å². The molecular formula is C17H20F2N2. The van der Waals surface area contributed by atoms with Crippen molar-refractivity contribution in [2.24, 2.45) is 0 Å². The molecule has 0 unspecified atom stereocenters. The molecule has 0 bridgehead atoms. The maximum Gasteiger partial charge on any atom is 0.148 e. The summed E-state index contributed by atoms with van der Waals surface area (Å²) in [6, 6.07) is 11.6. The Balaban J connectivity index is 2.07. The Bertz CT molecular complexity index is 611. The van der Waals surface area contributed by atoms with Crippen molar-refractivity contribution in [2.75, 3.05) is 17.3 Å². The second-order valence-electron chi connectivity index (χ2n) is 5.35. The molecule has 0 aliphatic heterocycles. The van der Waals surface area contributed by atoms with Crippen molar-refractivity contribution in [2.45, 2.75) is 26.4 Å². The minimum Gasteiger partial charge on any atom is -0.381 e. The molecule has 0 aromatic heterocycles. The Labute approximate surface area is 124 Å². The van der Waals surface area contributed by atoms with Gasteiger partial charge in [-0.3, -0.25) is 0 Å². The number of rotatable bonds is 5. The molecule has 4 heteroatoms. The summed E-state index contributed by atoms with van der Waals surface area (Å²) in [6.45, 7) is 4.47. The van der Waals surface area contributed by atoms with Gasteiger partial charge in [0.1, 0.15) is 11.6 Å². The van der Waals surface area contributed by atoms with E-state index in [1.807, 2.05) is 37.9 Å². The monoisotopic (exact) mass is 290 g/mol. The topological polar surface area (TPSA) is 15.3 Å². The summed E-state index contributed by atoms with van der Waals surface area (Å²) in [6.07, 6.45) is 0. The lowest BCUT2D eigenvalue weighted by atomic mass is 10.2. The second-order valence-corrected chi connectivity index (χ2v) is 5.35. The summed E-state index contributed by atoms with van der Waals surface area (Å²) in [4.78, 5) is 1.88. The summed E-state index contributed by atoms with van der Waals surface area (Å²) < 4.78 is 27.2. The van der Waals surface area contributed by atoms with Crippen molar-refractivity contribution in [3.05, 3.63) is 59.7 Å². The molecule has 112 valence electrons. The van der Waals surface area contributed by atoms with E-state index in [0.29, 0.717) is 17.9 Å². The van der Waals surface area contributed by atoms with E-state index in [0.717, 1.165) is 5.56 Å². The minimum atomic E-state index is -0.269. The van der Waals surface area contributed by atoms with Gasteiger partial charge in [-0.05, 0) is 49.7 Å². The zero-order valence-electron chi connectivity index (χ0n) is 12.5. The zero-order chi connectivity index (χ0) is 15.4. The molecule has 0 aliphatic carbocycles. The van der Waals surface area contributed by atoms with Gasteiger partial charge in [-0.1, -0.05) is 12.1 Å². The lowest BCUT2D eigenvalue weighted by Crippen LogP contribution is -2.26. The Hall–Kier alpha value is -2.10. The summed E-state index contributed by atoms with van der Waals surface area (Å²) in [5.41, 5.74) is 2.07. The third-order valence-corrected chi connectivity index (χ3v) is 3.49. The molecule has 1 N–H and O–H groups in total. The lowest BCUT2D eigenvalue weighted by molar-refractivity contribution is 0.614. The van der Waals surface area contributed by atoms with Crippen LogP contribution < -0.4 is 10.2 Å². The van der Waals surface area contributed by atoms with Crippen molar-refractivity contribution >= 4 is 11.4 Å². The van der Waals surface area contributed by atoms with E-state index in [9.17, 15) is 8.78 Å². The van der Waals surface area contributed by atoms with Crippen LogP contribution in [-0.2, 0) is 6.54 Å². The Kier molecular flexibility index (Phi) is 4.78. The molecule has 0 fully saturated rings. The van der Waals surface area contributed by atoms with Gasteiger partial charge in [-0.25, -0.2) is 8.78 Å². The fourth-order valence-electron chi connectivity index (χ4n) is 2.03. The van der Waals surface area contributed by atoms with Gasteiger partial charge in [0.25, 0.3) is 0 Å². The number of anilines is 2. The summed E-state index contributed by atoms with van der Waals surface area (Å²) in [7, 11) is 1.86. The SMILES string of the molecule is CC(C)N(C)c1ccc(NCc2cccc(F)c2)cc1F. The molecule has 0 saturated carbocycles. The molecule has 0 radical (unpaired) electrons. The number of nitrogens with zero attached hydrogens (tertiary/aromatic N) is 1. The first-order valence-electron chi connectivity index (χ1n) is 6.98. The van der Waals surface area contributed by atoms with E-state index in [2.05, 4.69) is 5.32 Å². The van der Waals surface area contributed by atoms with Crippen molar-refractivity contribution in [1.82, 2.24) is 0 Å². The Morgan fingerprint density at radius 3 is 2.48 bits per heavy atom. The molecule has 0 amide bonds. The van der Waals surface area contributed by atoms with E-state index < -0.39 is 0 Å². The number of hydrogen-bond acceptors (Lipinski definition) is 2. The average molecular weight is 290 g/mol.